The minimum atomic E-state index is -0.304. The van der Waals surface area contributed by atoms with Crippen molar-refractivity contribution in [2.24, 2.45) is 0 Å². The zero-order valence-electron chi connectivity index (χ0n) is 8.97. The summed E-state index contributed by atoms with van der Waals surface area (Å²) in [7, 11) is 0. The molecule has 4 nitrogen and oxygen atoms in total. The zero-order chi connectivity index (χ0) is 12.3. The Kier molecular flexibility index (Phi) is 3.51. The molecule has 17 heavy (non-hydrogen) atoms. The molecule has 2 rings (SSSR count). The van der Waals surface area contributed by atoms with Gasteiger partial charge >= 0.3 is 0 Å². The van der Waals surface area contributed by atoms with Gasteiger partial charge in [-0.1, -0.05) is 30.4 Å². The van der Waals surface area contributed by atoms with Gasteiger partial charge in [-0.05, 0) is 12.1 Å². The van der Waals surface area contributed by atoms with Crippen molar-refractivity contribution in [2.75, 3.05) is 18.5 Å². The van der Waals surface area contributed by atoms with Crippen LogP contribution in [0.15, 0.2) is 41.7 Å². The van der Waals surface area contributed by atoms with Crippen molar-refractivity contribution in [3.63, 3.8) is 0 Å². The summed E-state index contributed by atoms with van der Waals surface area (Å²) in [4.78, 5) is 11.8. The van der Waals surface area contributed by atoms with E-state index in [0.717, 1.165) is 5.69 Å². The topological polar surface area (TPSA) is 58.6 Å². The lowest BCUT2D eigenvalue weighted by molar-refractivity contribution is -0.120. The Balaban J connectivity index is 2.18. The van der Waals surface area contributed by atoms with Crippen LogP contribution in [0.4, 0.5) is 5.69 Å². The largest absolute Gasteiger partial charge is 0.509 e. The molecule has 0 saturated heterocycles. The predicted octanol–water partition coefficient (Wildman–Crippen LogP) is 1.84. The highest BCUT2D eigenvalue weighted by Crippen LogP contribution is 2.15. The fourth-order valence-corrected chi connectivity index (χ4v) is 1.87. The normalized spacial score (nSPS) is 15.9. The molecule has 88 valence electrons. The van der Waals surface area contributed by atoms with Crippen LogP contribution >= 0.6 is 12.2 Å². The molecule has 1 aliphatic heterocycles. The number of hydrogen-bond acceptors (Lipinski definition) is 4. The monoisotopic (exact) mass is 249 g/mol. The molecule has 1 aliphatic rings. The molecule has 0 fully saturated rings. The quantitative estimate of drug-likeness (QED) is 0.783. The van der Waals surface area contributed by atoms with Gasteiger partial charge in [0.2, 0.25) is 0 Å². The maximum atomic E-state index is 11.6. The van der Waals surface area contributed by atoms with Crippen LogP contribution in [-0.2, 0) is 9.53 Å². The van der Waals surface area contributed by atoms with Gasteiger partial charge in [0.25, 0.3) is 0 Å². The molecule has 0 saturated carbocycles. The van der Waals surface area contributed by atoms with Gasteiger partial charge in [-0.2, -0.15) is 0 Å². The third-order valence-corrected chi connectivity index (χ3v) is 2.60. The molecule has 0 radical (unpaired) electrons. The van der Waals surface area contributed by atoms with E-state index in [0.29, 0.717) is 0 Å². The summed E-state index contributed by atoms with van der Waals surface area (Å²) < 4.78 is 4.88. The molecule has 0 atom stereocenters. The lowest BCUT2D eigenvalue weighted by Crippen LogP contribution is -2.29. The number of nitrogens with one attached hydrogen (secondary N) is 1. The summed E-state index contributed by atoms with van der Waals surface area (Å²) in [5, 5.41) is 12.5. The zero-order valence-corrected chi connectivity index (χ0v) is 9.79. The van der Waals surface area contributed by atoms with Crippen molar-refractivity contribution in [1.82, 2.24) is 0 Å². The minimum absolute atomic E-state index is 0.0255. The van der Waals surface area contributed by atoms with E-state index in [-0.39, 0.29) is 35.3 Å². The van der Waals surface area contributed by atoms with Crippen LogP contribution in [0, 0.1) is 0 Å². The van der Waals surface area contributed by atoms with E-state index >= 15 is 0 Å². The van der Waals surface area contributed by atoms with Crippen molar-refractivity contribution in [3.8, 4) is 0 Å². The maximum Gasteiger partial charge on any atom is 0.194 e. The second-order valence-electron chi connectivity index (χ2n) is 3.56. The number of para-hydroxylation sites is 1. The molecule has 1 heterocycles. The summed E-state index contributed by atoms with van der Waals surface area (Å²) in [5.41, 5.74) is 0.923. The Bertz CT molecular complexity index is 482. The van der Waals surface area contributed by atoms with Crippen molar-refractivity contribution in [2.45, 2.75) is 0 Å². The van der Waals surface area contributed by atoms with Gasteiger partial charge in [0.05, 0.1) is 5.57 Å². The second-order valence-corrected chi connectivity index (χ2v) is 3.97. The van der Waals surface area contributed by atoms with Crippen LogP contribution in [0.2, 0.25) is 0 Å². The summed E-state index contributed by atoms with van der Waals surface area (Å²) in [6, 6.07) is 9.24. The molecular formula is C12H11NO3S. The third kappa shape index (κ3) is 2.69. The van der Waals surface area contributed by atoms with Crippen LogP contribution in [-0.4, -0.2) is 29.1 Å². The summed E-state index contributed by atoms with van der Waals surface area (Å²) >= 11 is 5.10. The van der Waals surface area contributed by atoms with Crippen LogP contribution in [0.3, 0.4) is 0 Å². The number of carbonyl (C=O) groups excluding carboxylic acids is 1. The number of thiocarbonyl (C=S) groups is 1. The third-order valence-electron chi connectivity index (χ3n) is 2.30. The van der Waals surface area contributed by atoms with E-state index in [9.17, 15) is 9.90 Å². The Morgan fingerprint density at radius 2 is 2.00 bits per heavy atom. The number of aliphatic hydroxyl groups excluding tert-OH is 1. The lowest BCUT2D eigenvalue weighted by atomic mass is 10.1. The lowest BCUT2D eigenvalue weighted by Gasteiger charge is -2.17. The van der Waals surface area contributed by atoms with Crippen LogP contribution in [0.5, 0.6) is 0 Å². The number of ketones is 1. The molecule has 5 heteroatoms. The van der Waals surface area contributed by atoms with Gasteiger partial charge in [-0.15, -0.1) is 0 Å². The number of rotatable bonds is 2. The summed E-state index contributed by atoms with van der Waals surface area (Å²) in [5.74, 6) is -0.420. The van der Waals surface area contributed by atoms with Crippen molar-refractivity contribution in [1.29, 1.82) is 0 Å². The average Bonchev–Trinajstić information content (AvgIpc) is 2.30. The SMILES string of the molecule is O=C1COCC(O)=C1C(=S)Nc1ccccc1. The van der Waals surface area contributed by atoms with Crippen molar-refractivity contribution in [3.05, 3.63) is 41.7 Å². The van der Waals surface area contributed by atoms with Crippen LogP contribution < -0.4 is 5.32 Å². The maximum absolute atomic E-state index is 11.6. The van der Waals surface area contributed by atoms with Crippen molar-refractivity contribution >= 4 is 28.7 Å². The summed E-state index contributed by atoms with van der Waals surface area (Å²) in [6.07, 6.45) is 0. The number of ether oxygens (including phenoxy) is 1. The molecule has 1 aromatic carbocycles. The van der Waals surface area contributed by atoms with E-state index in [1.54, 1.807) is 0 Å². The number of benzene rings is 1. The van der Waals surface area contributed by atoms with Crippen molar-refractivity contribution < 1.29 is 14.6 Å². The molecule has 0 amide bonds. The predicted molar refractivity (Wildman–Crippen MR) is 68.1 cm³/mol. The molecule has 1 aromatic rings. The number of anilines is 1. The molecule has 2 N–H and O–H groups in total. The highest BCUT2D eigenvalue weighted by molar-refractivity contribution is 7.81. The summed E-state index contributed by atoms with van der Waals surface area (Å²) in [6.45, 7) is -0.0202. The van der Waals surface area contributed by atoms with E-state index in [2.05, 4.69) is 5.32 Å². The smallest absolute Gasteiger partial charge is 0.194 e. The second kappa shape index (κ2) is 5.07. The Hall–Kier alpha value is -1.72. The first-order valence-corrected chi connectivity index (χ1v) is 5.49. The highest BCUT2D eigenvalue weighted by Gasteiger charge is 2.24. The molecular weight excluding hydrogens is 238 g/mol. The number of aliphatic hydroxyl groups is 1. The molecule has 0 spiro atoms. The van der Waals surface area contributed by atoms with Gasteiger partial charge in [0, 0.05) is 5.69 Å². The van der Waals surface area contributed by atoms with E-state index in [1.165, 1.54) is 0 Å². The molecule has 0 bridgehead atoms. The standard InChI is InChI=1S/C12H11NO3S/c14-9-6-16-7-10(15)11(9)12(17)13-8-4-2-1-3-5-8/h1-5,14H,6-7H2,(H,13,17). The van der Waals surface area contributed by atoms with E-state index < -0.39 is 0 Å². The van der Waals surface area contributed by atoms with Gasteiger partial charge in [0.15, 0.2) is 5.78 Å². The Morgan fingerprint density at radius 1 is 1.29 bits per heavy atom. The number of Topliss-reactive ketones (excluding diaryl/α,β-unsaturated/α-hetero) is 1. The Morgan fingerprint density at radius 3 is 2.65 bits per heavy atom. The molecule has 0 aliphatic carbocycles. The minimum Gasteiger partial charge on any atom is -0.509 e. The first-order chi connectivity index (χ1) is 8.18. The van der Waals surface area contributed by atoms with Gasteiger partial charge in [-0.3, -0.25) is 4.79 Å². The molecule has 0 aromatic heterocycles. The van der Waals surface area contributed by atoms with Gasteiger partial charge in [0.1, 0.15) is 24.0 Å². The van der Waals surface area contributed by atoms with Gasteiger partial charge in [-0.25, -0.2) is 0 Å². The first kappa shape index (κ1) is 11.8. The fourth-order valence-electron chi connectivity index (χ4n) is 1.52. The number of hydrogen-bond donors (Lipinski definition) is 2. The molecule has 0 unspecified atom stereocenters. The fraction of sp³-hybridized carbons (Fsp3) is 0.167. The van der Waals surface area contributed by atoms with Gasteiger partial charge < -0.3 is 15.2 Å². The average molecular weight is 249 g/mol. The first-order valence-electron chi connectivity index (χ1n) is 5.08. The number of carbonyl (C=O) groups is 1. The van der Waals surface area contributed by atoms with Crippen LogP contribution in [0.1, 0.15) is 0 Å². The van der Waals surface area contributed by atoms with E-state index in [1.807, 2.05) is 30.3 Å². The van der Waals surface area contributed by atoms with Crippen LogP contribution in [0.25, 0.3) is 0 Å². The van der Waals surface area contributed by atoms with E-state index in [4.69, 9.17) is 17.0 Å². The highest BCUT2D eigenvalue weighted by atomic mass is 32.1. The Labute approximate surface area is 104 Å².